The van der Waals surface area contributed by atoms with Gasteiger partial charge in [-0.3, -0.25) is 4.79 Å². The van der Waals surface area contributed by atoms with Crippen LogP contribution in [0.5, 0.6) is 0 Å². The molecule has 0 radical (unpaired) electrons. The summed E-state index contributed by atoms with van der Waals surface area (Å²) in [5.74, 6) is -2.32. The highest BCUT2D eigenvalue weighted by Crippen LogP contribution is 2.18. The number of halogens is 2. The van der Waals surface area contributed by atoms with Crippen LogP contribution in [0.15, 0.2) is 24.3 Å². The molecule has 0 aliphatic rings. The predicted octanol–water partition coefficient (Wildman–Crippen LogP) is 2.05. The molecule has 1 aromatic carbocycles. The number of Topliss-reactive ketones (excluding diaryl/α,β-unsaturated/α-hetero) is 1. The number of rotatable bonds is 4. The molecule has 0 aliphatic heterocycles. The summed E-state index contributed by atoms with van der Waals surface area (Å²) < 4.78 is 24.8. The van der Waals surface area contributed by atoms with Crippen molar-refractivity contribution in [3.8, 4) is 0 Å². The lowest BCUT2D eigenvalue weighted by molar-refractivity contribution is 0.0364. The van der Waals surface area contributed by atoms with Crippen molar-refractivity contribution in [2.45, 2.75) is 13.3 Å². The quantitative estimate of drug-likeness (QED) is 0.779. The lowest BCUT2D eigenvalue weighted by Crippen LogP contribution is -2.26. The number of benzene rings is 1. The molecule has 1 atom stereocenters. The van der Waals surface area contributed by atoms with Gasteiger partial charge in [0, 0.05) is 5.56 Å². The van der Waals surface area contributed by atoms with Crippen LogP contribution in [-0.4, -0.2) is 23.9 Å². The number of hydrogen-bond acceptors (Lipinski definition) is 2. The van der Waals surface area contributed by atoms with E-state index in [1.807, 2.05) is 0 Å². The van der Waals surface area contributed by atoms with Gasteiger partial charge in [0.15, 0.2) is 5.78 Å². The Morgan fingerprint density at radius 2 is 2.00 bits per heavy atom. The standard InChI is InChI=1S/C11H12F2O2/c1-7-4-2-3-5-8(7)10(15)9(6-14)11(12)13/h2-5,9,11,14H,6H2,1H3. The van der Waals surface area contributed by atoms with E-state index in [0.29, 0.717) is 5.56 Å². The summed E-state index contributed by atoms with van der Waals surface area (Å²) in [4.78, 5) is 11.6. The average Bonchev–Trinajstić information content (AvgIpc) is 2.18. The summed E-state index contributed by atoms with van der Waals surface area (Å²) in [5.41, 5.74) is 0.887. The fraction of sp³-hybridized carbons (Fsp3) is 0.364. The van der Waals surface area contributed by atoms with Crippen molar-refractivity contribution < 1.29 is 18.7 Å². The summed E-state index contributed by atoms with van der Waals surface area (Å²) in [6.45, 7) is 0.845. The lowest BCUT2D eigenvalue weighted by atomic mass is 9.95. The molecule has 0 amide bonds. The van der Waals surface area contributed by atoms with Gasteiger partial charge in [0.2, 0.25) is 0 Å². The molecule has 0 fully saturated rings. The van der Waals surface area contributed by atoms with Crippen LogP contribution in [-0.2, 0) is 0 Å². The molecular formula is C11H12F2O2. The van der Waals surface area contributed by atoms with Crippen molar-refractivity contribution in [3.63, 3.8) is 0 Å². The van der Waals surface area contributed by atoms with Crippen LogP contribution in [0.4, 0.5) is 8.78 Å². The zero-order valence-corrected chi connectivity index (χ0v) is 8.28. The van der Waals surface area contributed by atoms with Gasteiger partial charge in [-0.2, -0.15) is 0 Å². The maximum Gasteiger partial charge on any atom is 0.250 e. The highest BCUT2D eigenvalue weighted by atomic mass is 19.3. The smallest absolute Gasteiger partial charge is 0.250 e. The van der Waals surface area contributed by atoms with Crippen molar-refractivity contribution in [2.24, 2.45) is 5.92 Å². The van der Waals surface area contributed by atoms with Crippen LogP contribution in [0.1, 0.15) is 15.9 Å². The van der Waals surface area contributed by atoms with E-state index in [2.05, 4.69) is 0 Å². The van der Waals surface area contributed by atoms with Crippen molar-refractivity contribution in [2.75, 3.05) is 6.61 Å². The molecule has 0 saturated carbocycles. The van der Waals surface area contributed by atoms with Crippen molar-refractivity contribution in [3.05, 3.63) is 35.4 Å². The molecule has 0 aliphatic carbocycles. The largest absolute Gasteiger partial charge is 0.395 e. The van der Waals surface area contributed by atoms with Gasteiger partial charge in [-0.1, -0.05) is 24.3 Å². The molecule has 1 unspecified atom stereocenters. The second-order valence-electron chi connectivity index (χ2n) is 3.30. The number of alkyl halides is 2. The van der Waals surface area contributed by atoms with E-state index in [-0.39, 0.29) is 5.56 Å². The van der Waals surface area contributed by atoms with Crippen LogP contribution in [0.3, 0.4) is 0 Å². The fourth-order valence-electron chi connectivity index (χ4n) is 1.33. The van der Waals surface area contributed by atoms with E-state index >= 15 is 0 Å². The maximum atomic E-state index is 12.4. The van der Waals surface area contributed by atoms with E-state index < -0.39 is 24.7 Å². The second-order valence-corrected chi connectivity index (χ2v) is 3.30. The number of ketones is 1. The maximum absolute atomic E-state index is 12.4. The van der Waals surface area contributed by atoms with Crippen molar-refractivity contribution in [1.82, 2.24) is 0 Å². The molecule has 1 rings (SSSR count). The second kappa shape index (κ2) is 4.98. The van der Waals surface area contributed by atoms with E-state index in [4.69, 9.17) is 5.11 Å². The number of hydrogen-bond donors (Lipinski definition) is 1. The van der Waals surface area contributed by atoms with Crippen LogP contribution in [0, 0.1) is 12.8 Å². The highest BCUT2D eigenvalue weighted by Gasteiger charge is 2.28. The minimum absolute atomic E-state index is 0.247. The normalized spacial score (nSPS) is 12.9. The molecule has 0 aromatic heterocycles. The van der Waals surface area contributed by atoms with Gasteiger partial charge in [0.1, 0.15) is 5.92 Å². The monoisotopic (exact) mass is 214 g/mol. The van der Waals surface area contributed by atoms with Crippen LogP contribution >= 0.6 is 0 Å². The molecule has 4 heteroatoms. The Kier molecular flexibility index (Phi) is 3.91. The third kappa shape index (κ3) is 2.59. The van der Waals surface area contributed by atoms with Gasteiger partial charge < -0.3 is 5.11 Å². The molecule has 1 N–H and O–H groups in total. The summed E-state index contributed by atoms with van der Waals surface area (Å²) in [7, 11) is 0. The zero-order chi connectivity index (χ0) is 11.4. The topological polar surface area (TPSA) is 37.3 Å². The Bertz CT molecular complexity index is 350. The number of carbonyl (C=O) groups is 1. The highest BCUT2D eigenvalue weighted by molar-refractivity contribution is 5.99. The molecule has 0 heterocycles. The summed E-state index contributed by atoms with van der Waals surface area (Å²) >= 11 is 0. The van der Waals surface area contributed by atoms with Gasteiger partial charge in [-0.05, 0) is 12.5 Å². The van der Waals surface area contributed by atoms with Gasteiger partial charge in [0.05, 0.1) is 6.61 Å². The molecule has 2 nitrogen and oxygen atoms in total. The van der Waals surface area contributed by atoms with Gasteiger partial charge in [-0.25, -0.2) is 8.78 Å². The van der Waals surface area contributed by atoms with E-state index in [0.717, 1.165) is 0 Å². The Morgan fingerprint density at radius 1 is 1.40 bits per heavy atom. The molecular weight excluding hydrogens is 202 g/mol. The molecule has 15 heavy (non-hydrogen) atoms. The first-order valence-corrected chi connectivity index (χ1v) is 4.56. The lowest BCUT2D eigenvalue weighted by Gasteiger charge is -2.13. The number of aliphatic hydroxyl groups excluding tert-OH is 1. The van der Waals surface area contributed by atoms with Crippen molar-refractivity contribution >= 4 is 5.78 Å². The Balaban J connectivity index is 2.98. The van der Waals surface area contributed by atoms with Gasteiger partial charge in [-0.15, -0.1) is 0 Å². The number of carbonyl (C=O) groups excluding carboxylic acids is 1. The molecule has 0 saturated heterocycles. The Labute approximate surface area is 86.5 Å². The average molecular weight is 214 g/mol. The Hall–Kier alpha value is -1.29. The number of aliphatic hydroxyl groups is 1. The van der Waals surface area contributed by atoms with E-state index in [1.54, 1.807) is 25.1 Å². The van der Waals surface area contributed by atoms with E-state index in [1.165, 1.54) is 6.07 Å². The molecule has 0 bridgehead atoms. The fourth-order valence-corrected chi connectivity index (χ4v) is 1.33. The summed E-state index contributed by atoms with van der Waals surface area (Å²) in [6.07, 6.45) is -2.83. The first kappa shape index (κ1) is 11.8. The zero-order valence-electron chi connectivity index (χ0n) is 8.28. The predicted molar refractivity (Wildman–Crippen MR) is 52.1 cm³/mol. The molecule has 82 valence electrons. The minimum Gasteiger partial charge on any atom is -0.395 e. The van der Waals surface area contributed by atoms with Crippen LogP contribution in [0.25, 0.3) is 0 Å². The van der Waals surface area contributed by atoms with Crippen LogP contribution < -0.4 is 0 Å². The number of aryl methyl sites for hydroxylation is 1. The van der Waals surface area contributed by atoms with Crippen LogP contribution in [0.2, 0.25) is 0 Å². The molecule has 0 spiro atoms. The van der Waals surface area contributed by atoms with E-state index in [9.17, 15) is 13.6 Å². The SMILES string of the molecule is Cc1ccccc1C(=O)C(CO)C(F)F. The first-order valence-electron chi connectivity index (χ1n) is 4.56. The summed E-state index contributed by atoms with van der Waals surface area (Å²) in [5, 5.41) is 8.72. The first-order chi connectivity index (χ1) is 7.07. The third-order valence-corrected chi connectivity index (χ3v) is 2.25. The third-order valence-electron chi connectivity index (χ3n) is 2.25. The molecule has 1 aromatic rings. The van der Waals surface area contributed by atoms with Gasteiger partial charge in [0.25, 0.3) is 6.43 Å². The Morgan fingerprint density at radius 3 is 2.47 bits per heavy atom. The summed E-state index contributed by atoms with van der Waals surface area (Å²) in [6, 6.07) is 6.50. The van der Waals surface area contributed by atoms with Gasteiger partial charge >= 0.3 is 0 Å². The van der Waals surface area contributed by atoms with Crippen molar-refractivity contribution in [1.29, 1.82) is 0 Å². The minimum atomic E-state index is -2.83.